The first-order valence-corrected chi connectivity index (χ1v) is 8.57. The summed E-state index contributed by atoms with van der Waals surface area (Å²) in [5.41, 5.74) is 4.22. The molecule has 1 nitrogen and oxygen atoms in total. The lowest BCUT2D eigenvalue weighted by atomic mass is 9.87. The van der Waals surface area contributed by atoms with Crippen LogP contribution < -0.4 is 0 Å². The van der Waals surface area contributed by atoms with Crippen molar-refractivity contribution in [2.75, 3.05) is 13.1 Å². The fourth-order valence-corrected chi connectivity index (χ4v) is 3.60. The molecule has 0 saturated carbocycles. The van der Waals surface area contributed by atoms with Crippen LogP contribution in [0.2, 0.25) is 0 Å². The second-order valence-electron chi connectivity index (χ2n) is 5.99. The van der Waals surface area contributed by atoms with Gasteiger partial charge in [0.1, 0.15) is 0 Å². The van der Waals surface area contributed by atoms with E-state index in [1.807, 2.05) is 43.3 Å². The van der Waals surface area contributed by atoms with E-state index in [2.05, 4.69) is 28.7 Å². The number of hydrogen-bond acceptors (Lipinski definition) is 1. The average molecular weight is 431 g/mol. The van der Waals surface area contributed by atoms with Crippen molar-refractivity contribution in [2.45, 2.75) is 25.6 Å². The highest BCUT2D eigenvalue weighted by molar-refractivity contribution is 14.1. The molecule has 1 heterocycles. The smallest absolute Gasteiger partial charge is 0.283 e. The molecule has 0 spiro atoms. The van der Waals surface area contributed by atoms with Crippen LogP contribution in [0.5, 0.6) is 0 Å². The van der Waals surface area contributed by atoms with Crippen molar-refractivity contribution < 1.29 is 13.2 Å². The van der Waals surface area contributed by atoms with Crippen molar-refractivity contribution in [2.24, 2.45) is 0 Å². The van der Waals surface area contributed by atoms with Gasteiger partial charge in [0, 0.05) is 10.1 Å². The maximum atomic E-state index is 13.0. The van der Waals surface area contributed by atoms with Gasteiger partial charge < -0.3 is 0 Å². The number of rotatable bonds is 2. The molecule has 0 fully saturated rings. The maximum absolute atomic E-state index is 13.0. The summed E-state index contributed by atoms with van der Waals surface area (Å²) in [6.45, 7) is 1.56. The molecule has 0 amide bonds. The van der Waals surface area contributed by atoms with Crippen molar-refractivity contribution in [3.63, 3.8) is 0 Å². The van der Waals surface area contributed by atoms with E-state index in [1.54, 1.807) is 4.90 Å². The first kappa shape index (κ1) is 16.8. The van der Waals surface area contributed by atoms with Crippen molar-refractivity contribution in [3.05, 3.63) is 68.3 Å². The van der Waals surface area contributed by atoms with Gasteiger partial charge in [-0.05, 0) is 64.8 Å². The predicted octanol–water partition coefficient (Wildman–Crippen LogP) is 5.11. The van der Waals surface area contributed by atoms with Gasteiger partial charge in [-0.1, -0.05) is 35.9 Å². The van der Waals surface area contributed by atoms with Gasteiger partial charge in [-0.15, -0.1) is 0 Å². The molecule has 2 aromatic carbocycles. The van der Waals surface area contributed by atoms with E-state index < -0.39 is 12.7 Å². The molecule has 1 atom stereocenters. The van der Waals surface area contributed by atoms with Crippen molar-refractivity contribution in [3.8, 4) is 0 Å². The fraction of sp³-hybridized carbons (Fsp3) is 0.333. The average Bonchev–Trinajstić information content (AvgIpc) is 2.47. The molecule has 1 aliphatic rings. The molecule has 0 radical (unpaired) electrons. The van der Waals surface area contributed by atoms with E-state index >= 15 is 0 Å². The van der Waals surface area contributed by atoms with Gasteiger partial charge in [0.2, 0.25) is 0 Å². The van der Waals surface area contributed by atoms with E-state index in [4.69, 9.17) is 0 Å². The first-order valence-electron chi connectivity index (χ1n) is 7.49. The summed E-state index contributed by atoms with van der Waals surface area (Å²) in [5, 5.41) is 0. The second kappa shape index (κ2) is 6.43. The van der Waals surface area contributed by atoms with Crippen molar-refractivity contribution in [1.29, 1.82) is 0 Å². The lowest BCUT2D eigenvalue weighted by Gasteiger charge is -2.38. The molecule has 1 aliphatic heterocycles. The number of hydrogen-bond donors (Lipinski definition) is 0. The molecule has 23 heavy (non-hydrogen) atoms. The Kier molecular flexibility index (Phi) is 4.69. The quantitative estimate of drug-likeness (QED) is 0.598. The van der Waals surface area contributed by atoms with Crippen molar-refractivity contribution in [1.82, 2.24) is 4.90 Å². The number of aryl methyl sites for hydroxylation is 1. The SMILES string of the molecule is Cc1ccc2c(c1)CCN(CC(F)(F)F)C2c1ccc(I)cc1. The van der Waals surface area contributed by atoms with Gasteiger partial charge in [-0.25, -0.2) is 0 Å². The molecule has 2 aromatic rings. The Bertz CT molecular complexity index is 694. The summed E-state index contributed by atoms with van der Waals surface area (Å²) >= 11 is 2.21. The standard InChI is InChI=1S/C18H17F3IN/c1-12-2-7-16-14(10-12)8-9-23(11-18(19,20)21)17(16)13-3-5-15(22)6-4-13/h2-7,10,17H,8-9,11H2,1H3. The van der Waals surface area contributed by atoms with Gasteiger partial charge in [-0.3, -0.25) is 4.90 Å². The number of alkyl halides is 3. The largest absolute Gasteiger partial charge is 0.401 e. The molecule has 3 rings (SSSR count). The third-order valence-electron chi connectivity index (χ3n) is 4.19. The van der Waals surface area contributed by atoms with Gasteiger partial charge in [0.25, 0.3) is 0 Å². The normalized spacial score (nSPS) is 18.7. The molecule has 1 unspecified atom stereocenters. The van der Waals surface area contributed by atoms with Crippen LogP contribution in [0.15, 0.2) is 42.5 Å². The lowest BCUT2D eigenvalue weighted by Crippen LogP contribution is -2.42. The van der Waals surface area contributed by atoms with Crippen LogP contribution in [-0.4, -0.2) is 24.2 Å². The molecular formula is C18H17F3IN. The van der Waals surface area contributed by atoms with Crippen LogP contribution in [0.3, 0.4) is 0 Å². The minimum Gasteiger partial charge on any atom is -0.283 e. The Hall–Kier alpha value is -1.08. The minimum atomic E-state index is -4.19. The number of halogens is 4. The first-order chi connectivity index (χ1) is 10.8. The van der Waals surface area contributed by atoms with Crippen LogP contribution in [0.4, 0.5) is 13.2 Å². The monoisotopic (exact) mass is 431 g/mol. The summed E-state index contributed by atoms with van der Waals surface area (Å²) in [6.07, 6.45) is -3.53. The number of nitrogens with zero attached hydrogens (tertiary/aromatic N) is 1. The lowest BCUT2D eigenvalue weighted by molar-refractivity contribution is -0.150. The molecular weight excluding hydrogens is 414 g/mol. The Morgan fingerprint density at radius 2 is 1.83 bits per heavy atom. The zero-order valence-electron chi connectivity index (χ0n) is 12.7. The Labute approximate surface area is 147 Å². The Morgan fingerprint density at radius 1 is 1.13 bits per heavy atom. The molecule has 0 N–H and O–H groups in total. The number of benzene rings is 2. The summed E-state index contributed by atoms with van der Waals surface area (Å²) in [4.78, 5) is 1.54. The van der Waals surface area contributed by atoms with Crippen LogP contribution in [0, 0.1) is 10.5 Å². The van der Waals surface area contributed by atoms with Crippen molar-refractivity contribution >= 4 is 22.6 Å². The summed E-state index contributed by atoms with van der Waals surface area (Å²) < 4.78 is 40.0. The highest BCUT2D eigenvalue weighted by atomic mass is 127. The zero-order valence-corrected chi connectivity index (χ0v) is 14.9. The van der Waals surface area contributed by atoms with Gasteiger partial charge in [0.15, 0.2) is 0 Å². The maximum Gasteiger partial charge on any atom is 0.401 e. The molecule has 0 aliphatic carbocycles. The third kappa shape index (κ3) is 3.88. The molecule has 0 aromatic heterocycles. The van der Waals surface area contributed by atoms with E-state index in [9.17, 15) is 13.2 Å². The van der Waals surface area contributed by atoms with E-state index in [1.165, 1.54) is 0 Å². The molecule has 122 valence electrons. The minimum absolute atomic E-state index is 0.335. The molecule has 0 saturated heterocycles. The molecule has 5 heteroatoms. The van der Waals surface area contributed by atoms with E-state index in [-0.39, 0.29) is 6.04 Å². The Morgan fingerprint density at radius 3 is 2.48 bits per heavy atom. The van der Waals surface area contributed by atoms with Crippen LogP contribution in [-0.2, 0) is 6.42 Å². The summed E-state index contributed by atoms with van der Waals surface area (Å²) in [7, 11) is 0. The zero-order chi connectivity index (χ0) is 16.6. The Balaban J connectivity index is 2.05. The van der Waals surface area contributed by atoms with E-state index in [0.29, 0.717) is 13.0 Å². The van der Waals surface area contributed by atoms with Gasteiger partial charge >= 0.3 is 6.18 Å². The van der Waals surface area contributed by atoms with Crippen LogP contribution >= 0.6 is 22.6 Å². The summed E-state index contributed by atoms with van der Waals surface area (Å²) in [5.74, 6) is 0. The molecule has 0 bridgehead atoms. The number of fused-ring (bicyclic) bond motifs is 1. The van der Waals surface area contributed by atoms with Crippen LogP contribution in [0.1, 0.15) is 28.3 Å². The predicted molar refractivity (Wildman–Crippen MR) is 93.5 cm³/mol. The summed E-state index contributed by atoms with van der Waals surface area (Å²) in [6, 6.07) is 13.5. The van der Waals surface area contributed by atoms with Gasteiger partial charge in [-0.2, -0.15) is 13.2 Å². The third-order valence-corrected chi connectivity index (χ3v) is 4.91. The topological polar surface area (TPSA) is 3.24 Å². The second-order valence-corrected chi connectivity index (χ2v) is 7.24. The highest BCUT2D eigenvalue weighted by Crippen LogP contribution is 2.37. The van der Waals surface area contributed by atoms with E-state index in [0.717, 1.165) is 25.8 Å². The van der Waals surface area contributed by atoms with Gasteiger partial charge in [0.05, 0.1) is 12.6 Å². The van der Waals surface area contributed by atoms with Crippen LogP contribution in [0.25, 0.3) is 0 Å². The highest BCUT2D eigenvalue weighted by Gasteiger charge is 2.37. The fourth-order valence-electron chi connectivity index (χ4n) is 3.24.